The third kappa shape index (κ3) is 3.58. The van der Waals surface area contributed by atoms with Gasteiger partial charge in [0.25, 0.3) is 0 Å². The Labute approximate surface area is 123 Å². The van der Waals surface area contributed by atoms with Crippen LogP contribution in [0.25, 0.3) is 0 Å². The summed E-state index contributed by atoms with van der Waals surface area (Å²) in [7, 11) is 3.19. The molecular weight excluding hydrogens is 274 g/mol. The van der Waals surface area contributed by atoms with Crippen molar-refractivity contribution in [1.29, 1.82) is 0 Å². The number of anilines is 1. The Hall–Kier alpha value is -1.95. The zero-order valence-corrected chi connectivity index (χ0v) is 12.3. The molecule has 2 rings (SSSR count). The number of rotatable bonds is 5. The van der Waals surface area contributed by atoms with E-state index in [1.165, 1.54) is 19.2 Å². The molecule has 2 atom stereocenters. The molecule has 0 aromatic heterocycles. The van der Waals surface area contributed by atoms with Crippen LogP contribution in [0.2, 0.25) is 0 Å². The van der Waals surface area contributed by atoms with Gasteiger partial charge < -0.3 is 25.1 Å². The van der Waals surface area contributed by atoms with Gasteiger partial charge in [-0.05, 0) is 19.3 Å². The van der Waals surface area contributed by atoms with Gasteiger partial charge in [0.1, 0.15) is 6.10 Å². The summed E-state index contributed by atoms with van der Waals surface area (Å²) < 4.78 is 16.5. The quantitative estimate of drug-likeness (QED) is 0.810. The molecular formula is C15H21NO5. The number of nitrogen functional groups attached to an aromatic ring is 1. The normalized spacial score (nSPS) is 21.8. The molecule has 0 spiro atoms. The summed E-state index contributed by atoms with van der Waals surface area (Å²) in [5.41, 5.74) is 5.88. The summed E-state index contributed by atoms with van der Waals surface area (Å²) in [4.78, 5) is 11.2. The predicted molar refractivity (Wildman–Crippen MR) is 78.0 cm³/mol. The molecule has 0 heterocycles. The third-order valence-electron chi connectivity index (χ3n) is 3.77. The van der Waals surface area contributed by atoms with E-state index in [1.807, 2.05) is 0 Å². The van der Waals surface area contributed by atoms with Crippen LogP contribution in [0.5, 0.6) is 11.5 Å². The number of ether oxygens (including phenoxy) is 3. The van der Waals surface area contributed by atoms with E-state index in [-0.39, 0.29) is 23.5 Å². The summed E-state index contributed by atoms with van der Waals surface area (Å²) in [6, 6.07) is 2.91. The van der Waals surface area contributed by atoms with E-state index in [1.54, 1.807) is 7.11 Å². The Morgan fingerprint density at radius 2 is 1.95 bits per heavy atom. The first-order valence-electron chi connectivity index (χ1n) is 6.95. The maximum atomic E-state index is 11.2. The summed E-state index contributed by atoms with van der Waals surface area (Å²) >= 11 is 0. The highest BCUT2D eigenvalue weighted by Gasteiger charge is 2.25. The zero-order valence-electron chi connectivity index (χ0n) is 12.3. The lowest BCUT2D eigenvalue weighted by atomic mass is 9.95. The number of aromatic carboxylic acids is 1. The van der Waals surface area contributed by atoms with Gasteiger partial charge in [-0.3, -0.25) is 0 Å². The Bertz CT molecular complexity index is 517. The number of methoxy groups -OCH3 is 2. The second-order valence-corrected chi connectivity index (χ2v) is 5.16. The van der Waals surface area contributed by atoms with Gasteiger partial charge >= 0.3 is 5.97 Å². The first-order chi connectivity index (χ1) is 10.0. The van der Waals surface area contributed by atoms with E-state index in [0.717, 1.165) is 25.7 Å². The van der Waals surface area contributed by atoms with Crippen LogP contribution < -0.4 is 15.2 Å². The van der Waals surface area contributed by atoms with E-state index in [9.17, 15) is 4.79 Å². The highest BCUT2D eigenvalue weighted by Crippen LogP contribution is 2.35. The number of carboxylic acids is 1. The van der Waals surface area contributed by atoms with E-state index in [0.29, 0.717) is 11.5 Å². The number of carbonyl (C=O) groups is 1. The van der Waals surface area contributed by atoms with Gasteiger partial charge in [0.2, 0.25) is 0 Å². The van der Waals surface area contributed by atoms with Crippen molar-refractivity contribution in [2.75, 3.05) is 20.0 Å². The van der Waals surface area contributed by atoms with Crippen molar-refractivity contribution < 1.29 is 24.1 Å². The fourth-order valence-electron chi connectivity index (χ4n) is 2.62. The fraction of sp³-hybridized carbons (Fsp3) is 0.533. The molecule has 1 aromatic rings. The molecule has 2 unspecified atom stereocenters. The monoisotopic (exact) mass is 295 g/mol. The molecule has 1 saturated carbocycles. The lowest BCUT2D eigenvalue weighted by molar-refractivity contribution is 0.0201. The topological polar surface area (TPSA) is 91.0 Å². The lowest BCUT2D eigenvalue weighted by Gasteiger charge is -2.29. The van der Waals surface area contributed by atoms with Gasteiger partial charge in [0.15, 0.2) is 11.5 Å². The average Bonchev–Trinajstić information content (AvgIpc) is 2.48. The minimum absolute atomic E-state index is 0.0112. The van der Waals surface area contributed by atoms with Crippen molar-refractivity contribution in [3.8, 4) is 11.5 Å². The van der Waals surface area contributed by atoms with Crippen LogP contribution in [-0.4, -0.2) is 37.5 Å². The van der Waals surface area contributed by atoms with Crippen molar-refractivity contribution in [2.45, 2.75) is 37.9 Å². The van der Waals surface area contributed by atoms with Gasteiger partial charge in [-0.2, -0.15) is 0 Å². The van der Waals surface area contributed by atoms with Crippen molar-refractivity contribution >= 4 is 11.7 Å². The molecule has 1 aliphatic carbocycles. The summed E-state index contributed by atoms with van der Waals surface area (Å²) in [5, 5.41) is 9.14. The first-order valence-corrected chi connectivity index (χ1v) is 6.95. The van der Waals surface area contributed by atoms with Crippen molar-refractivity contribution in [3.05, 3.63) is 17.7 Å². The first kappa shape index (κ1) is 15.4. The fourth-order valence-corrected chi connectivity index (χ4v) is 2.62. The van der Waals surface area contributed by atoms with Crippen LogP contribution in [0.3, 0.4) is 0 Å². The van der Waals surface area contributed by atoms with Gasteiger partial charge in [0, 0.05) is 25.7 Å². The summed E-state index contributed by atoms with van der Waals surface area (Å²) in [6.07, 6.45) is 3.91. The predicted octanol–water partition coefficient (Wildman–Crippen LogP) is 2.31. The minimum Gasteiger partial charge on any atom is -0.493 e. The Morgan fingerprint density at radius 3 is 2.57 bits per heavy atom. The molecule has 0 bridgehead atoms. The van der Waals surface area contributed by atoms with E-state index in [4.69, 9.17) is 25.1 Å². The molecule has 1 aromatic carbocycles. The number of nitrogens with two attached hydrogens (primary N) is 1. The molecule has 116 valence electrons. The van der Waals surface area contributed by atoms with Gasteiger partial charge in [-0.1, -0.05) is 0 Å². The molecule has 0 radical (unpaired) electrons. The van der Waals surface area contributed by atoms with Gasteiger partial charge in [0.05, 0.1) is 24.5 Å². The van der Waals surface area contributed by atoms with Gasteiger partial charge in [-0.25, -0.2) is 4.79 Å². The standard InChI is InChI=1S/C15H21NO5/c1-19-9-4-3-5-10(6-9)21-14-7-11(15(17)18)12(16)8-13(14)20-2/h7-10H,3-6,16H2,1-2H3,(H,17,18). The maximum Gasteiger partial charge on any atom is 0.337 e. The molecule has 0 amide bonds. The Kier molecular flexibility index (Phi) is 4.90. The van der Waals surface area contributed by atoms with Crippen LogP contribution >= 0.6 is 0 Å². The lowest BCUT2D eigenvalue weighted by Crippen LogP contribution is -2.29. The van der Waals surface area contributed by atoms with E-state index in [2.05, 4.69) is 0 Å². The number of carboxylic acid groups (broad SMARTS) is 1. The summed E-state index contributed by atoms with van der Waals surface area (Å²) in [5.74, 6) is -0.235. The average molecular weight is 295 g/mol. The molecule has 3 N–H and O–H groups in total. The third-order valence-corrected chi connectivity index (χ3v) is 3.77. The second kappa shape index (κ2) is 6.67. The minimum atomic E-state index is -1.08. The number of hydrogen-bond donors (Lipinski definition) is 2. The highest BCUT2D eigenvalue weighted by molar-refractivity contribution is 5.94. The second-order valence-electron chi connectivity index (χ2n) is 5.16. The van der Waals surface area contributed by atoms with Crippen LogP contribution in [0, 0.1) is 0 Å². The molecule has 6 nitrogen and oxygen atoms in total. The maximum absolute atomic E-state index is 11.2. The van der Waals surface area contributed by atoms with Crippen molar-refractivity contribution in [1.82, 2.24) is 0 Å². The van der Waals surface area contributed by atoms with Crippen LogP contribution in [0.4, 0.5) is 5.69 Å². The van der Waals surface area contributed by atoms with Crippen molar-refractivity contribution in [3.63, 3.8) is 0 Å². The largest absolute Gasteiger partial charge is 0.493 e. The van der Waals surface area contributed by atoms with Gasteiger partial charge in [-0.15, -0.1) is 0 Å². The molecule has 1 fully saturated rings. The number of benzene rings is 1. The SMILES string of the molecule is COc1cc(N)c(C(=O)O)cc1OC1CCCC(OC)C1. The molecule has 21 heavy (non-hydrogen) atoms. The highest BCUT2D eigenvalue weighted by atomic mass is 16.5. The Balaban J connectivity index is 2.21. The Morgan fingerprint density at radius 1 is 1.24 bits per heavy atom. The zero-order chi connectivity index (χ0) is 15.4. The van der Waals surface area contributed by atoms with Crippen LogP contribution in [0.15, 0.2) is 12.1 Å². The summed E-state index contributed by atoms with van der Waals surface area (Å²) in [6.45, 7) is 0. The van der Waals surface area contributed by atoms with Crippen molar-refractivity contribution in [2.24, 2.45) is 0 Å². The molecule has 6 heteroatoms. The molecule has 1 aliphatic rings. The number of hydrogen-bond acceptors (Lipinski definition) is 5. The van der Waals surface area contributed by atoms with E-state index >= 15 is 0 Å². The molecule has 0 saturated heterocycles. The molecule has 0 aliphatic heterocycles. The smallest absolute Gasteiger partial charge is 0.337 e. The van der Waals surface area contributed by atoms with Crippen LogP contribution in [0.1, 0.15) is 36.0 Å². The van der Waals surface area contributed by atoms with Crippen LogP contribution in [-0.2, 0) is 4.74 Å². The van der Waals surface area contributed by atoms with E-state index < -0.39 is 5.97 Å².